The van der Waals surface area contributed by atoms with Gasteiger partial charge in [0.15, 0.2) is 0 Å². The zero-order valence-electron chi connectivity index (χ0n) is 12.2. The molecule has 0 saturated carbocycles. The van der Waals surface area contributed by atoms with E-state index in [0.29, 0.717) is 13.2 Å². The molecule has 0 bridgehead atoms. The third-order valence-corrected chi connectivity index (χ3v) is 3.19. The van der Waals surface area contributed by atoms with Gasteiger partial charge < -0.3 is 14.8 Å². The standard InChI is InChI=1S/C15H23NO3S/c1-3-16-13-7-6-8-14(11-13)19-10-5-4-9-18-12-15(17)20-2/h6-8,11,16H,3-5,9-10,12H2,1-2H3. The Hall–Kier alpha value is -1.20. The van der Waals surface area contributed by atoms with Crippen LogP contribution in [0.25, 0.3) is 0 Å². The highest BCUT2D eigenvalue weighted by Crippen LogP contribution is 2.17. The van der Waals surface area contributed by atoms with Crippen LogP contribution < -0.4 is 10.1 Å². The molecule has 1 aromatic carbocycles. The molecule has 4 nitrogen and oxygen atoms in total. The zero-order valence-corrected chi connectivity index (χ0v) is 13.0. The van der Waals surface area contributed by atoms with Gasteiger partial charge in [-0.05, 0) is 38.2 Å². The van der Waals surface area contributed by atoms with E-state index < -0.39 is 0 Å². The Morgan fingerprint density at radius 1 is 1.30 bits per heavy atom. The zero-order chi connectivity index (χ0) is 14.6. The van der Waals surface area contributed by atoms with E-state index >= 15 is 0 Å². The largest absolute Gasteiger partial charge is 0.494 e. The lowest BCUT2D eigenvalue weighted by Crippen LogP contribution is -2.06. The highest BCUT2D eigenvalue weighted by atomic mass is 32.2. The molecule has 0 fully saturated rings. The van der Waals surface area contributed by atoms with Gasteiger partial charge in [-0.25, -0.2) is 0 Å². The topological polar surface area (TPSA) is 47.6 Å². The highest BCUT2D eigenvalue weighted by Gasteiger charge is 1.99. The predicted molar refractivity (Wildman–Crippen MR) is 84.7 cm³/mol. The normalized spacial score (nSPS) is 10.3. The van der Waals surface area contributed by atoms with Gasteiger partial charge >= 0.3 is 0 Å². The maximum absolute atomic E-state index is 11.0. The van der Waals surface area contributed by atoms with Gasteiger partial charge in [-0.2, -0.15) is 0 Å². The van der Waals surface area contributed by atoms with E-state index in [9.17, 15) is 4.79 Å². The van der Waals surface area contributed by atoms with Crippen LogP contribution in [0.5, 0.6) is 5.75 Å². The molecule has 0 atom stereocenters. The maximum atomic E-state index is 11.0. The van der Waals surface area contributed by atoms with Crippen LogP contribution in [-0.2, 0) is 9.53 Å². The van der Waals surface area contributed by atoms with Gasteiger partial charge in [-0.15, -0.1) is 0 Å². The first-order valence-corrected chi connectivity index (χ1v) is 8.10. The van der Waals surface area contributed by atoms with Gasteiger partial charge in [-0.3, -0.25) is 4.79 Å². The molecular weight excluding hydrogens is 274 g/mol. The second-order valence-electron chi connectivity index (χ2n) is 4.24. The van der Waals surface area contributed by atoms with Crippen LogP contribution in [-0.4, -0.2) is 37.7 Å². The van der Waals surface area contributed by atoms with E-state index in [1.54, 1.807) is 6.26 Å². The molecule has 5 heteroatoms. The van der Waals surface area contributed by atoms with Crippen LogP contribution in [0.2, 0.25) is 0 Å². The first-order chi connectivity index (χ1) is 9.76. The molecule has 0 aliphatic carbocycles. The van der Waals surface area contributed by atoms with Crippen molar-refractivity contribution >= 4 is 22.6 Å². The number of thioether (sulfide) groups is 1. The molecule has 0 saturated heterocycles. The molecule has 0 aliphatic rings. The predicted octanol–water partition coefficient (Wildman–Crippen LogP) is 3.18. The summed E-state index contributed by atoms with van der Waals surface area (Å²) in [6.07, 6.45) is 3.58. The second-order valence-corrected chi connectivity index (χ2v) is 5.11. The average Bonchev–Trinajstić information content (AvgIpc) is 2.46. The summed E-state index contributed by atoms with van der Waals surface area (Å²) in [4.78, 5) is 11.0. The first kappa shape index (κ1) is 16.9. The van der Waals surface area contributed by atoms with Crippen molar-refractivity contribution in [2.75, 3.05) is 37.9 Å². The van der Waals surface area contributed by atoms with Crippen molar-refractivity contribution in [3.05, 3.63) is 24.3 Å². The smallest absolute Gasteiger partial charge is 0.214 e. The minimum absolute atomic E-state index is 0.0708. The third-order valence-electron chi connectivity index (χ3n) is 2.61. The number of nitrogens with one attached hydrogen (secondary N) is 1. The molecule has 0 aromatic heterocycles. The molecule has 0 spiro atoms. The van der Waals surface area contributed by atoms with E-state index in [2.05, 4.69) is 12.2 Å². The van der Waals surface area contributed by atoms with E-state index in [4.69, 9.17) is 9.47 Å². The number of hydrogen-bond acceptors (Lipinski definition) is 5. The van der Waals surface area contributed by atoms with Crippen molar-refractivity contribution in [2.24, 2.45) is 0 Å². The quantitative estimate of drug-likeness (QED) is 0.672. The summed E-state index contributed by atoms with van der Waals surface area (Å²) < 4.78 is 10.9. The molecule has 1 aromatic rings. The Morgan fingerprint density at radius 3 is 2.85 bits per heavy atom. The Morgan fingerprint density at radius 2 is 2.10 bits per heavy atom. The van der Waals surface area contributed by atoms with Crippen molar-refractivity contribution in [2.45, 2.75) is 19.8 Å². The fourth-order valence-corrected chi connectivity index (χ4v) is 1.81. The van der Waals surface area contributed by atoms with Crippen LogP contribution in [0.1, 0.15) is 19.8 Å². The van der Waals surface area contributed by atoms with Gasteiger partial charge in [0.2, 0.25) is 5.12 Å². The minimum Gasteiger partial charge on any atom is -0.494 e. The van der Waals surface area contributed by atoms with Crippen molar-refractivity contribution in [3.63, 3.8) is 0 Å². The Kier molecular flexibility index (Phi) is 8.91. The molecular formula is C15H23NO3S. The summed E-state index contributed by atoms with van der Waals surface area (Å²) in [5.41, 5.74) is 1.07. The van der Waals surface area contributed by atoms with Gasteiger partial charge in [0.1, 0.15) is 12.4 Å². The minimum atomic E-state index is 0.0708. The lowest BCUT2D eigenvalue weighted by Gasteiger charge is -2.09. The highest BCUT2D eigenvalue weighted by molar-refractivity contribution is 8.13. The molecule has 112 valence electrons. The van der Waals surface area contributed by atoms with Crippen LogP contribution >= 0.6 is 11.8 Å². The van der Waals surface area contributed by atoms with Gasteiger partial charge in [0.25, 0.3) is 0 Å². The lowest BCUT2D eigenvalue weighted by atomic mass is 10.3. The van der Waals surface area contributed by atoms with Gasteiger partial charge in [0.05, 0.1) is 6.61 Å². The molecule has 1 N–H and O–H groups in total. The molecule has 0 heterocycles. The van der Waals surface area contributed by atoms with Gasteiger partial charge in [0, 0.05) is 24.9 Å². The fourth-order valence-electron chi connectivity index (χ4n) is 1.61. The second kappa shape index (κ2) is 10.6. The van der Waals surface area contributed by atoms with Crippen molar-refractivity contribution in [1.82, 2.24) is 0 Å². The fraction of sp³-hybridized carbons (Fsp3) is 0.533. The lowest BCUT2D eigenvalue weighted by molar-refractivity contribution is -0.115. The summed E-state index contributed by atoms with van der Waals surface area (Å²) in [6.45, 7) is 4.43. The molecule has 0 aliphatic heterocycles. The van der Waals surface area contributed by atoms with Crippen molar-refractivity contribution < 1.29 is 14.3 Å². The first-order valence-electron chi connectivity index (χ1n) is 6.87. The van der Waals surface area contributed by atoms with Crippen LogP contribution in [0.4, 0.5) is 5.69 Å². The van der Waals surface area contributed by atoms with E-state index in [-0.39, 0.29) is 11.7 Å². The monoisotopic (exact) mass is 297 g/mol. The number of hydrogen-bond donors (Lipinski definition) is 1. The number of carbonyl (C=O) groups is 1. The SMILES string of the molecule is CCNc1cccc(OCCCCOCC(=O)SC)c1. The summed E-state index contributed by atoms with van der Waals surface area (Å²) in [6, 6.07) is 7.95. The van der Waals surface area contributed by atoms with E-state index in [0.717, 1.165) is 30.8 Å². The third kappa shape index (κ3) is 7.40. The number of ether oxygens (including phenoxy) is 2. The summed E-state index contributed by atoms with van der Waals surface area (Å²) in [7, 11) is 0. The van der Waals surface area contributed by atoms with Crippen LogP contribution in [0.15, 0.2) is 24.3 Å². The number of rotatable bonds is 10. The number of unbranched alkanes of at least 4 members (excludes halogenated alkanes) is 1. The number of carbonyl (C=O) groups excluding carboxylic acids is 1. The Balaban J connectivity index is 2.09. The molecule has 20 heavy (non-hydrogen) atoms. The molecule has 0 radical (unpaired) electrons. The Labute approximate surface area is 125 Å². The molecule has 1 rings (SSSR count). The maximum Gasteiger partial charge on any atom is 0.214 e. The number of benzene rings is 1. The molecule has 0 unspecified atom stereocenters. The van der Waals surface area contributed by atoms with Crippen LogP contribution in [0.3, 0.4) is 0 Å². The van der Waals surface area contributed by atoms with Crippen LogP contribution in [0, 0.1) is 0 Å². The van der Waals surface area contributed by atoms with Crippen molar-refractivity contribution in [1.29, 1.82) is 0 Å². The Bertz CT molecular complexity index is 398. The summed E-state index contributed by atoms with van der Waals surface area (Å²) in [5, 5.41) is 3.32. The number of anilines is 1. The average molecular weight is 297 g/mol. The van der Waals surface area contributed by atoms with E-state index in [1.165, 1.54) is 11.8 Å². The van der Waals surface area contributed by atoms with Crippen molar-refractivity contribution in [3.8, 4) is 5.75 Å². The summed E-state index contributed by atoms with van der Waals surface area (Å²) >= 11 is 1.20. The van der Waals surface area contributed by atoms with E-state index in [1.807, 2.05) is 24.3 Å². The summed E-state index contributed by atoms with van der Waals surface area (Å²) in [5.74, 6) is 0.877. The van der Waals surface area contributed by atoms with Gasteiger partial charge in [-0.1, -0.05) is 17.8 Å². The molecule has 0 amide bonds.